The third-order valence-electron chi connectivity index (χ3n) is 5.04. The van der Waals surface area contributed by atoms with E-state index >= 15 is 0 Å². The Bertz CT molecular complexity index is 335. The zero-order valence-electron chi connectivity index (χ0n) is 18.9. The predicted molar refractivity (Wildman–Crippen MR) is 120 cm³/mol. The fourth-order valence-corrected chi connectivity index (χ4v) is 3.14. The average Bonchev–Trinajstić information content (AvgIpc) is 2.74. The number of hydrogen-bond donors (Lipinski definition) is 3. The first-order chi connectivity index (χ1) is 14.2. The van der Waals surface area contributed by atoms with Crippen molar-refractivity contribution >= 4 is 0 Å². The third-order valence-corrected chi connectivity index (χ3v) is 5.04. The number of unbranched alkanes of at least 4 members (excludes halogenated alkanes) is 12. The summed E-state index contributed by atoms with van der Waals surface area (Å²) in [6.07, 6.45) is 21.4. The van der Waals surface area contributed by atoms with Gasteiger partial charge in [-0.2, -0.15) is 0 Å². The molecule has 0 aliphatic heterocycles. The number of rotatable bonds is 23. The van der Waals surface area contributed by atoms with E-state index in [-0.39, 0.29) is 32.5 Å². The molecule has 29 heavy (non-hydrogen) atoms. The van der Waals surface area contributed by atoms with Crippen molar-refractivity contribution in [3.05, 3.63) is 12.2 Å². The Hall–Kier alpha value is -0.460. The van der Waals surface area contributed by atoms with Gasteiger partial charge in [-0.1, -0.05) is 76.9 Å². The summed E-state index contributed by atoms with van der Waals surface area (Å²) in [5.41, 5.74) is 0. The van der Waals surface area contributed by atoms with Crippen LogP contribution in [0.3, 0.4) is 0 Å². The summed E-state index contributed by atoms with van der Waals surface area (Å²) in [4.78, 5) is 0. The first-order valence-corrected chi connectivity index (χ1v) is 12.0. The molecule has 0 aromatic carbocycles. The normalized spacial score (nSPS) is 13.9. The molecule has 0 amide bonds. The molecule has 0 aromatic rings. The summed E-state index contributed by atoms with van der Waals surface area (Å²) in [6.45, 7) is 2.77. The zero-order chi connectivity index (χ0) is 21.4. The van der Waals surface area contributed by atoms with Crippen LogP contribution in [-0.4, -0.2) is 60.6 Å². The van der Waals surface area contributed by atoms with E-state index in [2.05, 4.69) is 19.1 Å². The van der Waals surface area contributed by atoms with Gasteiger partial charge in [0.05, 0.1) is 26.4 Å². The molecule has 0 heterocycles. The van der Waals surface area contributed by atoms with Crippen molar-refractivity contribution in [3.63, 3.8) is 0 Å². The molecule has 0 aliphatic carbocycles. The minimum absolute atomic E-state index is 0.0601. The lowest BCUT2D eigenvalue weighted by molar-refractivity contribution is -0.0649. The molecule has 0 fully saturated rings. The predicted octanol–water partition coefficient (Wildman–Crippen LogP) is 4.77. The van der Waals surface area contributed by atoms with Crippen molar-refractivity contribution in [2.45, 2.75) is 109 Å². The van der Waals surface area contributed by atoms with E-state index in [0.29, 0.717) is 6.61 Å². The van der Waals surface area contributed by atoms with E-state index in [9.17, 15) is 10.2 Å². The smallest absolute Gasteiger partial charge is 0.104 e. The van der Waals surface area contributed by atoms with E-state index in [0.717, 1.165) is 12.8 Å². The lowest BCUT2D eigenvalue weighted by Gasteiger charge is -2.16. The van der Waals surface area contributed by atoms with Crippen LogP contribution in [0.4, 0.5) is 0 Å². The molecule has 2 unspecified atom stereocenters. The Labute approximate surface area is 179 Å². The summed E-state index contributed by atoms with van der Waals surface area (Å²) < 4.78 is 10.8. The Morgan fingerprint density at radius 3 is 1.79 bits per heavy atom. The minimum atomic E-state index is -0.870. The highest BCUT2D eigenvalue weighted by Gasteiger charge is 2.09. The number of ether oxygens (including phenoxy) is 2. The van der Waals surface area contributed by atoms with Crippen molar-refractivity contribution in [2.24, 2.45) is 0 Å². The van der Waals surface area contributed by atoms with Crippen LogP contribution >= 0.6 is 0 Å². The molecule has 0 spiro atoms. The highest BCUT2D eigenvalue weighted by molar-refractivity contribution is 4.81. The largest absolute Gasteiger partial charge is 0.394 e. The molecule has 5 nitrogen and oxygen atoms in total. The SMILES string of the molecule is CCCCCCCC/C=C/CCCCCCCCOC(CO)COCC(O)CO. The Kier molecular flexibility index (Phi) is 23.4. The van der Waals surface area contributed by atoms with Crippen molar-refractivity contribution in [2.75, 3.05) is 33.0 Å². The standard InChI is InChI=1S/C24H48O5/c1-2-3-4-5-6-7-8-9-10-11-12-13-14-15-16-17-18-29-24(20-26)22-28-21-23(27)19-25/h9-10,23-27H,2-8,11-22H2,1H3/b10-9+. The molecule has 2 atom stereocenters. The molecule has 0 aromatic heterocycles. The topological polar surface area (TPSA) is 79.2 Å². The van der Waals surface area contributed by atoms with Gasteiger partial charge in [0, 0.05) is 6.61 Å². The second-order valence-corrected chi connectivity index (χ2v) is 7.99. The van der Waals surface area contributed by atoms with Gasteiger partial charge in [-0.15, -0.1) is 0 Å². The molecule has 3 N–H and O–H groups in total. The van der Waals surface area contributed by atoms with E-state index in [1.807, 2.05) is 0 Å². The van der Waals surface area contributed by atoms with E-state index in [4.69, 9.17) is 14.6 Å². The maximum atomic E-state index is 9.26. The van der Waals surface area contributed by atoms with Crippen LogP contribution in [0.1, 0.15) is 96.8 Å². The van der Waals surface area contributed by atoms with Gasteiger partial charge in [-0.25, -0.2) is 0 Å². The molecule has 0 bridgehead atoms. The first kappa shape index (κ1) is 28.5. The Morgan fingerprint density at radius 1 is 0.690 bits per heavy atom. The Balaban J connectivity index is 3.30. The summed E-state index contributed by atoms with van der Waals surface area (Å²) >= 11 is 0. The van der Waals surface area contributed by atoms with Crippen LogP contribution in [0.5, 0.6) is 0 Å². The van der Waals surface area contributed by atoms with E-state index < -0.39 is 6.10 Å². The highest BCUT2D eigenvalue weighted by Crippen LogP contribution is 2.10. The molecular formula is C24H48O5. The van der Waals surface area contributed by atoms with Crippen LogP contribution in [0.15, 0.2) is 12.2 Å². The third kappa shape index (κ3) is 22.1. The summed E-state index contributed by atoms with van der Waals surface area (Å²) in [5.74, 6) is 0. The summed E-state index contributed by atoms with van der Waals surface area (Å²) in [6, 6.07) is 0. The van der Waals surface area contributed by atoms with Crippen LogP contribution in [0.2, 0.25) is 0 Å². The van der Waals surface area contributed by atoms with Crippen LogP contribution in [0.25, 0.3) is 0 Å². The molecule has 0 saturated heterocycles. The van der Waals surface area contributed by atoms with Crippen molar-refractivity contribution in [1.29, 1.82) is 0 Å². The maximum absolute atomic E-state index is 9.26. The van der Waals surface area contributed by atoms with Crippen LogP contribution < -0.4 is 0 Å². The highest BCUT2D eigenvalue weighted by atomic mass is 16.5. The molecule has 0 saturated carbocycles. The first-order valence-electron chi connectivity index (χ1n) is 12.0. The molecule has 5 heteroatoms. The second kappa shape index (κ2) is 23.8. The average molecular weight is 417 g/mol. The van der Waals surface area contributed by atoms with Gasteiger partial charge < -0.3 is 24.8 Å². The number of aliphatic hydroxyl groups is 3. The summed E-state index contributed by atoms with van der Waals surface area (Å²) in [7, 11) is 0. The van der Waals surface area contributed by atoms with Crippen molar-refractivity contribution in [1.82, 2.24) is 0 Å². The van der Waals surface area contributed by atoms with Gasteiger partial charge in [-0.3, -0.25) is 0 Å². The molecule has 0 radical (unpaired) electrons. The van der Waals surface area contributed by atoms with Gasteiger partial charge in [0.2, 0.25) is 0 Å². The lowest BCUT2D eigenvalue weighted by Crippen LogP contribution is -2.28. The molecular weight excluding hydrogens is 368 g/mol. The zero-order valence-corrected chi connectivity index (χ0v) is 18.9. The van der Waals surface area contributed by atoms with E-state index in [1.165, 1.54) is 77.0 Å². The van der Waals surface area contributed by atoms with Gasteiger partial charge in [0.1, 0.15) is 12.2 Å². The Morgan fingerprint density at radius 2 is 1.24 bits per heavy atom. The van der Waals surface area contributed by atoms with Crippen molar-refractivity contribution < 1.29 is 24.8 Å². The maximum Gasteiger partial charge on any atom is 0.104 e. The number of hydrogen-bond acceptors (Lipinski definition) is 5. The number of aliphatic hydroxyl groups excluding tert-OH is 3. The number of allylic oxidation sites excluding steroid dienone is 2. The van der Waals surface area contributed by atoms with Gasteiger partial charge in [0.15, 0.2) is 0 Å². The molecule has 0 aliphatic rings. The lowest BCUT2D eigenvalue weighted by atomic mass is 10.1. The van der Waals surface area contributed by atoms with E-state index in [1.54, 1.807) is 0 Å². The fraction of sp³-hybridized carbons (Fsp3) is 0.917. The van der Waals surface area contributed by atoms with Gasteiger partial charge in [0.25, 0.3) is 0 Å². The second-order valence-electron chi connectivity index (χ2n) is 7.99. The molecule has 174 valence electrons. The summed E-state index contributed by atoms with van der Waals surface area (Å²) in [5, 5.41) is 27.2. The fourth-order valence-electron chi connectivity index (χ4n) is 3.14. The molecule has 0 rings (SSSR count). The quantitative estimate of drug-likeness (QED) is 0.165. The van der Waals surface area contributed by atoms with Crippen LogP contribution in [0, 0.1) is 0 Å². The van der Waals surface area contributed by atoms with Crippen molar-refractivity contribution in [3.8, 4) is 0 Å². The monoisotopic (exact) mass is 416 g/mol. The minimum Gasteiger partial charge on any atom is -0.394 e. The van der Waals surface area contributed by atoms with Crippen LogP contribution in [-0.2, 0) is 9.47 Å². The van der Waals surface area contributed by atoms with Gasteiger partial charge in [-0.05, 0) is 32.1 Å². The van der Waals surface area contributed by atoms with Gasteiger partial charge >= 0.3 is 0 Å².